The van der Waals surface area contributed by atoms with E-state index in [-0.39, 0.29) is 38.6 Å². The zero-order valence-corrected chi connectivity index (χ0v) is 29.0. The summed E-state index contributed by atoms with van der Waals surface area (Å²) in [4.78, 5) is 41.1. The number of hydrogen-bond donors (Lipinski definition) is 1. The first-order valence-electron chi connectivity index (χ1n) is 15.2. The van der Waals surface area contributed by atoms with Crippen LogP contribution >= 0.6 is 23.2 Å². The summed E-state index contributed by atoms with van der Waals surface area (Å²) in [6.45, 7) is 6.57. The monoisotopic (exact) mass is 711 g/mol. The van der Waals surface area contributed by atoms with E-state index >= 15 is 0 Å². The molecule has 0 saturated carbocycles. The zero-order chi connectivity index (χ0) is 34.6. The number of amides is 2. The lowest BCUT2D eigenvalue weighted by atomic mass is 10.0. The van der Waals surface area contributed by atoms with Crippen LogP contribution in [0.15, 0.2) is 83.8 Å². The number of nitrogens with one attached hydrogen (secondary N) is 1. The van der Waals surface area contributed by atoms with Gasteiger partial charge in [0.2, 0.25) is 0 Å². The smallest absolute Gasteiger partial charge is 0.327 e. The maximum Gasteiger partial charge on any atom is 0.327 e. The van der Waals surface area contributed by atoms with Gasteiger partial charge in [0.25, 0.3) is 21.8 Å². The summed E-state index contributed by atoms with van der Waals surface area (Å²) in [5.74, 6) is -1.29. The molecule has 4 aromatic carbocycles. The molecule has 0 aromatic heterocycles. The van der Waals surface area contributed by atoms with E-state index in [0.717, 1.165) is 9.87 Å². The highest BCUT2D eigenvalue weighted by Crippen LogP contribution is 2.34. The third kappa shape index (κ3) is 8.27. The average Bonchev–Trinajstić information content (AvgIpc) is 3.04. The highest BCUT2D eigenvalue weighted by Gasteiger charge is 2.31. The van der Waals surface area contributed by atoms with Crippen LogP contribution in [0, 0.1) is 0 Å². The molecule has 1 saturated heterocycles. The number of fused-ring (bicyclic) bond motifs is 1. The molecule has 5 rings (SSSR count). The lowest BCUT2D eigenvalue weighted by Gasteiger charge is -2.27. The molecule has 1 heterocycles. The van der Waals surface area contributed by atoms with Gasteiger partial charge in [0.05, 0.1) is 23.8 Å². The number of esters is 1. The van der Waals surface area contributed by atoms with Crippen LogP contribution in [0.25, 0.3) is 10.8 Å². The third-order valence-electron chi connectivity index (χ3n) is 7.45. The number of carbonyl (C=O) groups is 3. The Morgan fingerprint density at radius 1 is 0.896 bits per heavy atom. The Balaban J connectivity index is 1.46. The highest BCUT2D eigenvalue weighted by atomic mass is 35.5. The summed E-state index contributed by atoms with van der Waals surface area (Å²) >= 11 is 12.3. The summed E-state index contributed by atoms with van der Waals surface area (Å²) in [6, 6.07) is 20.8. The van der Waals surface area contributed by atoms with E-state index in [1.165, 1.54) is 18.2 Å². The molecule has 10 nitrogen and oxygen atoms in total. The lowest BCUT2D eigenvalue weighted by molar-refractivity contribution is -0.152. The van der Waals surface area contributed by atoms with E-state index in [0.29, 0.717) is 42.6 Å². The number of rotatable bonds is 9. The standard InChI is InChI=1S/C35H35Cl2N3O7S/c1-35(2,3)47-32(41)22-40(48(44,45)27-19-25(36)18-26(37)20-27)31-12-6-9-28-29(31)10-5-11-30(28)33(42)38-21-23-7-4-8-24(17-23)34(43)39-13-15-46-16-14-39/h4-12,17-20H,13-16,21-22H2,1-3H3,(H,38,42). The summed E-state index contributed by atoms with van der Waals surface area (Å²) in [5, 5.41) is 3.98. The molecule has 0 unspecified atom stereocenters. The van der Waals surface area contributed by atoms with Gasteiger partial charge in [-0.25, -0.2) is 8.42 Å². The Hall–Kier alpha value is -4.16. The van der Waals surface area contributed by atoms with Crippen LogP contribution in [-0.4, -0.2) is 69.6 Å². The van der Waals surface area contributed by atoms with Gasteiger partial charge < -0.3 is 19.7 Å². The van der Waals surface area contributed by atoms with Crippen LogP contribution in [-0.2, 0) is 30.8 Å². The second kappa shape index (κ2) is 14.5. The molecule has 1 N–H and O–H groups in total. The number of anilines is 1. The van der Waals surface area contributed by atoms with E-state index in [1.807, 2.05) is 6.07 Å². The molecular weight excluding hydrogens is 677 g/mol. The Morgan fingerprint density at radius 3 is 2.23 bits per heavy atom. The number of morpholine rings is 1. The number of benzene rings is 4. The number of sulfonamides is 1. The van der Waals surface area contributed by atoms with Crippen LogP contribution in [0.4, 0.5) is 5.69 Å². The minimum Gasteiger partial charge on any atom is -0.459 e. The summed E-state index contributed by atoms with van der Waals surface area (Å²) in [6.07, 6.45) is 0. The van der Waals surface area contributed by atoms with E-state index < -0.39 is 34.0 Å². The Bertz CT molecular complexity index is 1950. The van der Waals surface area contributed by atoms with Gasteiger partial charge in [-0.1, -0.05) is 59.6 Å². The van der Waals surface area contributed by atoms with Gasteiger partial charge in [-0.05, 0) is 74.2 Å². The van der Waals surface area contributed by atoms with Crippen LogP contribution in [0.2, 0.25) is 10.0 Å². The molecule has 4 aromatic rings. The van der Waals surface area contributed by atoms with Crippen molar-refractivity contribution in [3.05, 3.63) is 106 Å². The maximum absolute atomic E-state index is 14.1. The maximum atomic E-state index is 14.1. The average molecular weight is 713 g/mol. The minimum atomic E-state index is -4.41. The topological polar surface area (TPSA) is 122 Å². The predicted octanol–water partition coefficient (Wildman–Crippen LogP) is 6.09. The second-order valence-electron chi connectivity index (χ2n) is 12.2. The number of hydrogen-bond acceptors (Lipinski definition) is 7. The van der Waals surface area contributed by atoms with Gasteiger partial charge in [0.1, 0.15) is 12.1 Å². The first-order chi connectivity index (χ1) is 22.7. The Morgan fingerprint density at radius 2 is 1.54 bits per heavy atom. The van der Waals surface area contributed by atoms with Crippen molar-refractivity contribution >= 4 is 67.5 Å². The van der Waals surface area contributed by atoms with Crippen molar-refractivity contribution in [3.63, 3.8) is 0 Å². The van der Waals surface area contributed by atoms with Gasteiger partial charge in [-0.15, -0.1) is 0 Å². The summed E-state index contributed by atoms with van der Waals surface area (Å²) < 4.78 is 40.0. The Labute approximate surface area is 289 Å². The summed E-state index contributed by atoms with van der Waals surface area (Å²) in [7, 11) is -4.41. The molecule has 252 valence electrons. The van der Waals surface area contributed by atoms with Crippen molar-refractivity contribution in [1.82, 2.24) is 10.2 Å². The molecule has 1 fully saturated rings. The van der Waals surface area contributed by atoms with Crippen LogP contribution in [0.1, 0.15) is 47.1 Å². The highest BCUT2D eigenvalue weighted by molar-refractivity contribution is 7.93. The number of nitrogens with zero attached hydrogens (tertiary/aromatic N) is 2. The van der Waals surface area contributed by atoms with Crippen LogP contribution < -0.4 is 9.62 Å². The van der Waals surface area contributed by atoms with Crippen molar-refractivity contribution in [3.8, 4) is 0 Å². The molecule has 48 heavy (non-hydrogen) atoms. The molecule has 0 atom stereocenters. The van der Waals surface area contributed by atoms with Crippen molar-refractivity contribution in [2.45, 2.75) is 37.8 Å². The van der Waals surface area contributed by atoms with Gasteiger partial charge in [-0.3, -0.25) is 18.7 Å². The van der Waals surface area contributed by atoms with Crippen LogP contribution in [0.5, 0.6) is 0 Å². The SMILES string of the molecule is CC(C)(C)OC(=O)CN(c1cccc2c(C(=O)NCc3cccc(C(=O)N4CCOCC4)c3)cccc12)S(=O)(=O)c1cc(Cl)cc(Cl)c1. The first kappa shape index (κ1) is 35.2. The molecule has 13 heteroatoms. The molecule has 2 amide bonds. The molecule has 0 spiro atoms. The lowest BCUT2D eigenvalue weighted by Crippen LogP contribution is -2.40. The fourth-order valence-corrected chi connectivity index (χ4v) is 7.50. The van der Waals surface area contributed by atoms with E-state index in [4.69, 9.17) is 32.7 Å². The predicted molar refractivity (Wildman–Crippen MR) is 185 cm³/mol. The quantitative estimate of drug-likeness (QED) is 0.209. The van der Waals surface area contributed by atoms with Gasteiger partial charge in [0.15, 0.2) is 0 Å². The van der Waals surface area contributed by atoms with E-state index in [1.54, 1.807) is 80.3 Å². The zero-order valence-electron chi connectivity index (χ0n) is 26.7. The van der Waals surface area contributed by atoms with E-state index in [2.05, 4.69) is 5.32 Å². The van der Waals surface area contributed by atoms with Crippen molar-refractivity contribution < 1.29 is 32.3 Å². The molecule has 0 radical (unpaired) electrons. The largest absolute Gasteiger partial charge is 0.459 e. The Kier molecular flexibility index (Phi) is 10.6. The van der Waals surface area contributed by atoms with Gasteiger partial charge in [0, 0.05) is 46.2 Å². The minimum absolute atomic E-state index is 0.0982. The number of halogens is 2. The van der Waals surface area contributed by atoms with Crippen molar-refractivity contribution in [2.24, 2.45) is 0 Å². The van der Waals surface area contributed by atoms with Crippen LogP contribution in [0.3, 0.4) is 0 Å². The molecule has 0 aliphatic carbocycles. The molecule has 0 bridgehead atoms. The molecule has 1 aliphatic rings. The number of ether oxygens (including phenoxy) is 2. The summed E-state index contributed by atoms with van der Waals surface area (Å²) in [5.41, 5.74) is 0.822. The molecular formula is C35H35Cl2N3O7S. The molecule has 1 aliphatic heterocycles. The third-order valence-corrected chi connectivity index (χ3v) is 9.63. The van der Waals surface area contributed by atoms with Crippen molar-refractivity contribution in [2.75, 3.05) is 37.2 Å². The second-order valence-corrected chi connectivity index (χ2v) is 14.9. The van der Waals surface area contributed by atoms with Crippen molar-refractivity contribution in [1.29, 1.82) is 0 Å². The number of carbonyl (C=O) groups excluding carboxylic acids is 3. The van der Waals surface area contributed by atoms with Gasteiger partial charge in [-0.2, -0.15) is 0 Å². The fourth-order valence-electron chi connectivity index (χ4n) is 5.35. The van der Waals surface area contributed by atoms with Gasteiger partial charge >= 0.3 is 5.97 Å². The van der Waals surface area contributed by atoms with E-state index in [9.17, 15) is 22.8 Å². The normalized spacial score (nSPS) is 13.6. The fraction of sp³-hybridized carbons (Fsp3) is 0.286. The first-order valence-corrected chi connectivity index (χ1v) is 17.4.